The molecule has 96 valence electrons. The number of carbonyl (C=O) groups is 1. The summed E-state index contributed by atoms with van der Waals surface area (Å²) < 4.78 is 0. The van der Waals surface area contributed by atoms with Gasteiger partial charge in [0.15, 0.2) is 0 Å². The number of nitrogens with two attached hydrogens (primary N) is 1. The number of likely N-dealkylation sites (N-methyl/N-ethyl adjacent to an activating group) is 1. The molecule has 0 aromatic heterocycles. The number of hydrogen-bond donors (Lipinski definition) is 1. The van der Waals surface area contributed by atoms with Crippen LogP contribution in [0.3, 0.4) is 0 Å². The van der Waals surface area contributed by atoms with Gasteiger partial charge in [0.2, 0.25) is 5.91 Å². The molecular weight excluding hydrogens is 226 g/mol. The molecule has 0 aliphatic carbocycles. The lowest BCUT2D eigenvalue weighted by atomic mass is 10.2. The van der Waals surface area contributed by atoms with Crippen LogP contribution in [0, 0.1) is 0 Å². The molecule has 1 amide bonds. The predicted molar refractivity (Wildman–Crippen MR) is 68.8 cm³/mol. The smallest absolute Gasteiger partial charge is 0.236 e. The SMILES string of the molecule is CCN(CC)C(=O)CN1CCCC1CN.Cl. The lowest BCUT2D eigenvalue weighted by Gasteiger charge is -2.26. The Morgan fingerprint density at radius 1 is 1.44 bits per heavy atom. The Labute approximate surface area is 105 Å². The molecule has 0 aromatic carbocycles. The van der Waals surface area contributed by atoms with Crippen molar-refractivity contribution in [3.8, 4) is 0 Å². The van der Waals surface area contributed by atoms with Gasteiger partial charge in [-0.05, 0) is 33.2 Å². The third-order valence-corrected chi connectivity index (χ3v) is 3.23. The highest BCUT2D eigenvalue weighted by atomic mass is 35.5. The molecule has 5 heteroatoms. The van der Waals surface area contributed by atoms with E-state index in [1.165, 1.54) is 6.42 Å². The van der Waals surface area contributed by atoms with Gasteiger partial charge in [-0.3, -0.25) is 9.69 Å². The minimum Gasteiger partial charge on any atom is -0.342 e. The van der Waals surface area contributed by atoms with Crippen molar-refractivity contribution in [3.05, 3.63) is 0 Å². The zero-order valence-corrected chi connectivity index (χ0v) is 11.1. The van der Waals surface area contributed by atoms with E-state index in [1.54, 1.807) is 0 Å². The first-order chi connectivity index (χ1) is 7.22. The topological polar surface area (TPSA) is 49.6 Å². The van der Waals surface area contributed by atoms with Crippen LogP contribution < -0.4 is 5.73 Å². The van der Waals surface area contributed by atoms with Crippen molar-refractivity contribution in [2.24, 2.45) is 5.73 Å². The minimum atomic E-state index is 0. The molecule has 0 bridgehead atoms. The predicted octanol–water partition coefficient (Wildman–Crippen LogP) is 0.700. The van der Waals surface area contributed by atoms with Crippen LogP contribution in [0.2, 0.25) is 0 Å². The van der Waals surface area contributed by atoms with E-state index in [-0.39, 0.29) is 18.3 Å². The molecule has 4 nitrogen and oxygen atoms in total. The van der Waals surface area contributed by atoms with Crippen molar-refractivity contribution < 1.29 is 4.79 Å². The standard InChI is InChI=1S/C11H23N3O.ClH/c1-3-13(4-2)11(15)9-14-7-5-6-10(14)8-12;/h10H,3-9,12H2,1-2H3;1H. The van der Waals surface area contributed by atoms with Crippen molar-refractivity contribution in [2.45, 2.75) is 32.7 Å². The van der Waals surface area contributed by atoms with Crippen LogP contribution >= 0.6 is 12.4 Å². The normalized spacial score (nSPS) is 20.6. The number of halogens is 1. The maximum atomic E-state index is 11.9. The number of carbonyl (C=O) groups excluding carboxylic acids is 1. The van der Waals surface area contributed by atoms with E-state index in [0.717, 1.165) is 26.1 Å². The quantitative estimate of drug-likeness (QED) is 0.781. The molecule has 1 unspecified atom stereocenters. The van der Waals surface area contributed by atoms with E-state index in [4.69, 9.17) is 5.73 Å². The van der Waals surface area contributed by atoms with Crippen molar-refractivity contribution >= 4 is 18.3 Å². The summed E-state index contributed by atoms with van der Waals surface area (Å²) in [5, 5.41) is 0. The number of hydrogen-bond acceptors (Lipinski definition) is 3. The van der Waals surface area contributed by atoms with Crippen molar-refractivity contribution in [3.63, 3.8) is 0 Å². The summed E-state index contributed by atoms with van der Waals surface area (Å²) >= 11 is 0. The summed E-state index contributed by atoms with van der Waals surface area (Å²) in [6.45, 7) is 7.88. The van der Waals surface area contributed by atoms with E-state index >= 15 is 0 Å². The van der Waals surface area contributed by atoms with Crippen LogP contribution in [0.1, 0.15) is 26.7 Å². The second kappa shape index (κ2) is 7.87. The Bertz CT molecular complexity index is 209. The second-order valence-electron chi connectivity index (χ2n) is 4.07. The highest BCUT2D eigenvalue weighted by Crippen LogP contribution is 2.15. The zero-order chi connectivity index (χ0) is 11.3. The fourth-order valence-corrected chi connectivity index (χ4v) is 2.22. The maximum absolute atomic E-state index is 11.9. The Hall–Kier alpha value is -0.320. The number of nitrogens with zero attached hydrogens (tertiary/aromatic N) is 2. The Balaban J connectivity index is 0.00000225. The summed E-state index contributed by atoms with van der Waals surface area (Å²) in [5.74, 6) is 0.236. The summed E-state index contributed by atoms with van der Waals surface area (Å²) in [4.78, 5) is 16.0. The van der Waals surface area contributed by atoms with Gasteiger partial charge >= 0.3 is 0 Å². The lowest BCUT2D eigenvalue weighted by Crippen LogP contribution is -2.44. The average Bonchev–Trinajstić information content (AvgIpc) is 2.67. The van der Waals surface area contributed by atoms with Crippen molar-refractivity contribution in [1.29, 1.82) is 0 Å². The Morgan fingerprint density at radius 2 is 2.06 bits per heavy atom. The molecule has 16 heavy (non-hydrogen) atoms. The van der Waals surface area contributed by atoms with Gasteiger partial charge in [-0.25, -0.2) is 0 Å². The van der Waals surface area contributed by atoms with Crippen LogP contribution in [0.25, 0.3) is 0 Å². The van der Waals surface area contributed by atoms with Gasteiger partial charge in [-0.1, -0.05) is 0 Å². The first kappa shape index (κ1) is 15.7. The molecule has 1 rings (SSSR count). The molecule has 1 aliphatic rings. The third kappa shape index (κ3) is 3.92. The van der Waals surface area contributed by atoms with Gasteiger partial charge < -0.3 is 10.6 Å². The maximum Gasteiger partial charge on any atom is 0.236 e. The molecule has 0 aromatic rings. The average molecular weight is 250 g/mol. The summed E-state index contributed by atoms with van der Waals surface area (Å²) in [6, 6.07) is 0.421. The molecule has 1 atom stereocenters. The number of rotatable bonds is 5. The molecule has 0 spiro atoms. The fourth-order valence-electron chi connectivity index (χ4n) is 2.22. The highest BCUT2D eigenvalue weighted by Gasteiger charge is 2.25. The molecule has 0 radical (unpaired) electrons. The van der Waals surface area contributed by atoms with Gasteiger partial charge in [0, 0.05) is 25.7 Å². The zero-order valence-electron chi connectivity index (χ0n) is 10.3. The van der Waals surface area contributed by atoms with E-state index in [0.29, 0.717) is 19.1 Å². The first-order valence-electron chi connectivity index (χ1n) is 5.94. The van der Waals surface area contributed by atoms with Crippen LogP contribution in [0.4, 0.5) is 0 Å². The molecular formula is C11H24ClN3O. The molecule has 1 aliphatic heterocycles. The second-order valence-corrected chi connectivity index (χ2v) is 4.07. The number of likely N-dealkylation sites (tertiary alicyclic amines) is 1. The largest absolute Gasteiger partial charge is 0.342 e. The summed E-state index contributed by atoms with van der Waals surface area (Å²) in [7, 11) is 0. The van der Waals surface area contributed by atoms with E-state index in [9.17, 15) is 4.79 Å². The molecule has 2 N–H and O–H groups in total. The highest BCUT2D eigenvalue weighted by molar-refractivity contribution is 5.85. The summed E-state index contributed by atoms with van der Waals surface area (Å²) in [5.41, 5.74) is 5.67. The van der Waals surface area contributed by atoms with E-state index in [1.807, 2.05) is 18.7 Å². The number of amides is 1. The van der Waals surface area contributed by atoms with Gasteiger partial charge in [0.1, 0.15) is 0 Å². The van der Waals surface area contributed by atoms with E-state index < -0.39 is 0 Å². The van der Waals surface area contributed by atoms with Gasteiger partial charge in [0.05, 0.1) is 6.54 Å². The van der Waals surface area contributed by atoms with Crippen LogP contribution in [0.15, 0.2) is 0 Å². The van der Waals surface area contributed by atoms with Gasteiger partial charge in [0.25, 0.3) is 0 Å². The van der Waals surface area contributed by atoms with Gasteiger partial charge in [-0.15, -0.1) is 12.4 Å². The first-order valence-corrected chi connectivity index (χ1v) is 5.94. The Morgan fingerprint density at radius 3 is 2.56 bits per heavy atom. The minimum absolute atomic E-state index is 0. The third-order valence-electron chi connectivity index (χ3n) is 3.23. The lowest BCUT2D eigenvalue weighted by molar-refractivity contribution is -0.132. The Kier molecular flexibility index (Phi) is 7.72. The van der Waals surface area contributed by atoms with E-state index in [2.05, 4.69) is 4.90 Å². The molecule has 1 heterocycles. The van der Waals surface area contributed by atoms with Crippen molar-refractivity contribution in [1.82, 2.24) is 9.80 Å². The van der Waals surface area contributed by atoms with Crippen LogP contribution in [-0.2, 0) is 4.79 Å². The monoisotopic (exact) mass is 249 g/mol. The fraction of sp³-hybridized carbons (Fsp3) is 0.909. The van der Waals surface area contributed by atoms with Crippen LogP contribution in [-0.4, -0.2) is 54.5 Å². The molecule has 0 saturated carbocycles. The van der Waals surface area contributed by atoms with Crippen molar-refractivity contribution in [2.75, 3.05) is 32.7 Å². The molecule has 1 saturated heterocycles. The van der Waals surface area contributed by atoms with Gasteiger partial charge in [-0.2, -0.15) is 0 Å². The summed E-state index contributed by atoms with van der Waals surface area (Å²) in [6.07, 6.45) is 2.31. The molecule has 1 fully saturated rings. The van der Waals surface area contributed by atoms with Crippen LogP contribution in [0.5, 0.6) is 0 Å².